The summed E-state index contributed by atoms with van der Waals surface area (Å²) < 4.78 is 26.7. The van der Waals surface area contributed by atoms with E-state index >= 15 is 0 Å². The van der Waals surface area contributed by atoms with Crippen molar-refractivity contribution in [2.75, 3.05) is 13.6 Å². The van der Waals surface area contributed by atoms with Crippen molar-refractivity contribution in [3.63, 3.8) is 0 Å². The highest BCUT2D eigenvalue weighted by Gasteiger charge is 2.24. The Morgan fingerprint density at radius 1 is 1.04 bits per heavy atom. The van der Waals surface area contributed by atoms with Crippen LogP contribution in [0.1, 0.15) is 18.5 Å². The van der Waals surface area contributed by atoms with Crippen molar-refractivity contribution in [1.29, 1.82) is 0 Å². The zero-order valence-corrected chi connectivity index (χ0v) is 17.2. The van der Waals surface area contributed by atoms with Crippen molar-refractivity contribution in [3.05, 3.63) is 77.3 Å². The molecule has 28 heavy (non-hydrogen) atoms. The Labute approximate surface area is 170 Å². The maximum atomic E-state index is 12.8. The Balaban J connectivity index is 1.72. The molecule has 1 N–H and O–H groups in total. The molecule has 0 fully saturated rings. The molecule has 1 amide bonds. The second kappa shape index (κ2) is 8.31. The second-order valence-electron chi connectivity index (χ2n) is 6.58. The smallest absolute Gasteiger partial charge is 0.243 e. The van der Waals surface area contributed by atoms with E-state index in [0.717, 1.165) is 20.6 Å². The first-order valence-corrected chi connectivity index (χ1v) is 10.6. The molecule has 0 aliphatic rings. The van der Waals surface area contributed by atoms with Gasteiger partial charge in [-0.3, -0.25) is 4.79 Å². The molecule has 0 heterocycles. The Hall–Kier alpha value is -2.41. The number of halogens is 1. The van der Waals surface area contributed by atoms with Gasteiger partial charge in [0.2, 0.25) is 15.9 Å². The van der Waals surface area contributed by atoms with E-state index in [1.807, 2.05) is 42.5 Å². The van der Waals surface area contributed by atoms with Gasteiger partial charge in [0.05, 0.1) is 17.5 Å². The Bertz CT molecular complexity index is 1120. The van der Waals surface area contributed by atoms with E-state index in [-0.39, 0.29) is 17.5 Å². The summed E-state index contributed by atoms with van der Waals surface area (Å²) in [4.78, 5) is 12.5. The van der Waals surface area contributed by atoms with Gasteiger partial charge in [0.15, 0.2) is 0 Å². The van der Waals surface area contributed by atoms with E-state index in [1.54, 1.807) is 31.2 Å². The van der Waals surface area contributed by atoms with Crippen molar-refractivity contribution in [1.82, 2.24) is 9.62 Å². The lowest BCUT2D eigenvalue weighted by atomic mass is 10.1. The standard InChI is InChI=1S/C21H21ClN2O3S/c1-15(19-9-5-6-10-20(19)22)23-21(25)14-24(2)28(26,27)18-12-11-16-7-3-4-8-17(16)13-18/h3-13,15H,14H2,1-2H3,(H,23,25). The zero-order valence-electron chi connectivity index (χ0n) is 15.6. The lowest BCUT2D eigenvalue weighted by Gasteiger charge is -2.20. The third-order valence-electron chi connectivity index (χ3n) is 4.54. The van der Waals surface area contributed by atoms with Gasteiger partial charge in [-0.15, -0.1) is 0 Å². The van der Waals surface area contributed by atoms with Gasteiger partial charge in [-0.1, -0.05) is 60.1 Å². The van der Waals surface area contributed by atoms with Gasteiger partial charge < -0.3 is 5.32 Å². The number of carbonyl (C=O) groups excluding carboxylic acids is 1. The highest BCUT2D eigenvalue weighted by Crippen LogP contribution is 2.23. The van der Waals surface area contributed by atoms with Crippen LogP contribution in [-0.4, -0.2) is 32.2 Å². The van der Waals surface area contributed by atoms with E-state index < -0.39 is 15.9 Å². The summed E-state index contributed by atoms with van der Waals surface area (Å²) in [5, 5.41) is 5.12. The number of nitrogens with zero attached hydrogens (tertiary/aromatic N) is 1. The molecule has 1 unspecified atom stereocenters. The highest BCUT2D eigenvalue weighted by molar-refractivity contribution is 7.89. The molecule has 0 aliphatic carbocycles. The molecule has 146 valence electrons. The lowest BCUT2D eigenvalue weighted by Crippen LogP contribution is -2.39. The van der Waals surface area contributed by atoms with Gasteiger partial charge in [-0.25, -0.2) is 8.42 Å². The van der Waals surface area contributed by atoms with Crippen LogP contribution in [0.25, 0.3) is 10.8 Å². The van der Waals surface area contributed by atoms with Crippen molar-refractivity contribution >= 4 is 38.3 Å². The number of benzene rings is 3. The first-order valence-electron chi connectivity index (χ1n) is 8.78. The number of likely N-dealkylation sites (N-methyl/N-ethyl adjacent to an activating group) is 1. The third-order valence-corrected chi connectivity index (χ3v) is 6.69. The lowest BCUT2D eigenvalue weighted by molar-refractivity contribution is -0.121. The Kier molecular flexibility index (Phi) is 6.03. The molecule has 0 aliphatic heterocycles. The molecule has 3 rings (SSSR count). The molecule has 7 heteroatoms. The van der Waals surface area contributed by atoms with Crippen molar-refractivity contribution < 1.29 is 13.2 Å². The Morgan fingerprint density at radius 3 is 2.39 bits per heavy atom. The molecular formula is C21H21ClN2O3S. The predicted molar refractivity (Wildman–Crippen MR) is 112 cm³/mol. The zero-order chi connectivity index (χ0) is 20.3. The molecule has 0 bridgehead atoms. The first kappa shape index (κ1) is 20.3. The fourth-order valence-corrected chi connectivity index (χ4v) is 4.45. The number of fused-ring (bicyclic) bond motifs is 1. The quantitative estimate of drug-likeness (QED) is 0.660. The molecule has 5 nitrogen and oxygen atoms in total. The summed E-state index contributed by atoms with van der Waals surface area (Å²) in [6, 6.07) is 19.3. The third kappa shape index (κ3) is 4.35. The molecular weight excluding hydrogens is 396 g/mol. The van der Waals surface area contributed by atoms with Crippen LogP contribution in [0, 0.1) is 0 Å². The van der Waals surface area contributed by atoms with Crippen molar-refractivity contribution in [2.24, 2.45) is 0 Å². The summed E-state index contributed by atoms with van der Waals surface area (Å²) >= 11 is 6.15. The van der Waals surface area contributed by atoms with Crippen LogP contribution in [0.2, 0.25) is 5.02 Å². The fraction of sp³-hybridized carbons (Fsp3) is 0.190. The summed E-state index contributed by atoms with van der Waals surface area (Å²) in [5.41, 5.74) is 0.776. The highest BCUT2D eigenvalue weighted by atomic mass is 35.5. The number of rotatable bonds is 6. The summed E-state index contributed by atoms with van der Waals surface area (Å²) in [7, 11) is -2.39. The summed E-state index contributed by atoms with van der Waals surface area (Å²) in [6.45, 7) is 1.51. The van der Waals surface area contributed by atoms with E-state index in [9.17, 15) is 13.2 Å². The van der Waals surface area contributed by atoms with Crippen molar-refractivity contribution in [2.45, 2.75) is 17.9 Å². The maximum Gasteiger partial charge on any atom is 0.243 e. The Morgan fingerprint density at radius 2 is 1.68 bits per heavy atom. The van der Waals surface area contributed by atoms with Gasteiger partial charge in [-0.2, -0.15) is 4.31 Å². The van der Waals surface area contributed by atoms with Gasteiger partial charge >= 0.3 is 0 Å². The summed E-state index contributed by atoms with van der Waals surface area (Å²) in [6.07, 6.45) is 0. The first-order chi connectivity index (χ1) is 13.3. The molecule has 0 saturated carbocycles. The van der Waals surface area contributed by atoms with E-state index in [4.69, 9.17) is 11.6 Å². The molecule has 3 aromatic rings. The number of hydrogen-bond donors (Lipinski definition) is 1. The van der Waals surface area contributed by atoms with Crippen LogP contribution in [0.4, 0.5) is 0 Å². The molecule has 0 saturated heterocycles. The number of carbonyl (C=O) groups is 1. The summed E-state index contributed by atoms with van der Waals surface area (Å²) in [5.74, 6) is -0.403. The minimum absolute atomic E-state index is 0.153. The van der Waals surface area contributed by atoms with Crippen LogP contribution in [0.5, 0.6) is 0 Å². The largest absolute Gasteiger partial charge is 0.348 e. The average molecular weight is 417 g/mol. The molecule has 0 spiro atoms. The average Bonchev–Trinajstić information content (AvgIpc) is 2.67. The number of hydrogen-bond acceptors (Lipinski definition) is 3. The topological polar surface area (TPSA) is 66.5 Å². The van der Waals surface area contributed by atoms with Gasteiger partial charge in [0.1, 0.15) is 0 Å². The fourth-order valence-electron chi connectivity index (χ4n) is 2.99. The van der Waals surface area contributed by atoms with Gasteiger partial charge in [0.25, 0.3) is 0 Å². The van der Waals surface area contributed by atoms with Crippen molar-refractivity contribution in [3.8, 4) is 0 Å². The van der Waals surface area contributed by atoms with Gasteiger partial charge in [0, 0.05) is 12.1 Å². The number of nitrogens with one attached hydrogen (secondary N) is 1. The van der Waals surface area contributed by atoms with E-state index in [0.29, 0.717) is 5.02 Å². The van der Waals surface area contributed by atoms with Gasteiger partial charge in [-0.05, 0) is 41.5 Å². The number of sulfonamides is 1. The maximum absolute atomic E-state index is 12.8. The normalized spacial score (nSPS) is 12.9. The minimum atomic E-state index is -3.79. The van der Waals surface area contributed by atoms with E-state index in [2.05, 4.69) is 5.32 Å². The monoisotopic (exact) mass is 416 g/mol. The van der Waals surface area contributed by atoms with E-state index in [1.165, 1.54) is 7.05 Å². The van der Waals surface area contributed by atoms with Crippen LogP contribution >= 0.6 is 11.6 Å². The van der Waals surface area contributed by atoms with Crippen LogP contribution in [-0.2, 0) is 14.8 Å². The number of amides is 1. The SMILES string of the molecule is CC(NC(=O)CN(C)S(=O)(=O)c1ccc2ccccc2c1)c1ccccc1Cl. The molecule has 3 aromatic carbocycles. The molecule has 1 atom stereocenters. The van der Waals surface area contributed by atoms with Crippen LogP contribution in [0.3, 0.4) is 0 Å². The van der Waals surface area contributed by atoms with Crippen LogP contribution < -0.4 is 5.32 Å². The van der Waals surface area contributed by atoms with Crippen LogP contribution in [0.15, 0.2) is 71.6 Å². The predicted octanol–water partition coefficient (Wildman–Crippen LogP) is 3.99. The molecule has 0 aromatic heterocycles. The molecule has 0 radical (unpaired) electrons. The minimum Gasteiger partial charge on any atom is -0.348 e. The second-order valence-corrected chi connectivity index (χ2v) is 9.03.